The van der Waals surface area contributed by atoms with Crippen LogP contribution in [-0.2, 0) is 6.54 Å². The molecule has 4 nitrogen and oxygen atoms in total. The Bertz CT molecular complexity index is 674. The third-order valence-electron chi connectivity index (χ3n) is 3.20. The van der Waals surface area contributed by atoms with Gasteiger partial charge in [-0.1, -0.05) is 35.3 Å². The molecule has 0 bridgehead atoms. The molecule has 2 rings (SSSR count). The summed E-state index contributed by atoms with van der Waals surface area (Å²) >= 11 is 12.1. The van der Waals surface area contributed by atoms with E-state index in [1.54, 1.807) is 18.3 Å². The molecule has 0 amide bonds. The summed E-state index contributed by atoms with van der Waals surface area (Å²) in [4.78, 5) is 8.54. The third-order valence-corrected chi connectivity index (χ3v) is 3.76. The lowest BCUT2D eigenvalue weighted by Crippen LogP contribution is -2.34. The predicted molar refractivity (Wildman–Crippen MR) is 108 cm³/mol. The Morgan fingerprint density at radius 1 is 1.30 bits per heavy atom. The van der Waals surface area contributed by atoms with E-state index in [4.69, 9.17) is 28.9 Å². The first-order valence-corrected chi connectivity index (χ1v) is 7.64. The zero-order chi connectivity index (χ0) is 16.1. The van der Waals surface area contributed by atoms with Gasteiger partial charge >= 0.3 is 0 Å². The number of hydrogen-bond acceptors (Lipinski definition) is 2. The molecule has 0 fully saturated rings. The maximum Gasteiger partial charge on any atom is 0.189 e. The fourth-order valence-corrected chi connectivity index (χ4v) is 2.54. The van der Waals surface area contributed by atoms with Crippen LogP contribution in [0.25, 0.3) is 0 Å². The second-order valence-electron chi connectivity index (χ2n) is 5.04. The Kier molecular flexibility index (Phi) is 8.08. The predicted octanol–water partition coefficient (Wildman–Crippen LogP) is 4.48. The number of aromatic nitrogens is 1. The van der Waals surface area contributed by atoms with Crippen LogP contribution in [0.15, 0.2) is 41.5 Å². The first-order chi connectivity index (χ1) is 10.5. The number of rotatable bonds is 4. The number of pyridine rings is 1. The number of aryl methyl sites for hydroxylation is 1. The SMILES string of the molecule is Cc1ccc(CN=C(N)NC(C)c2ccc(Cl)cc2Cl)cn1.I. The largest absolute Gasteiger partial charge is 0.370 e. The standard InChI is InChI=1S/C16H18Cl2N4.HI/c1-10-3-4-12(8-20-10)9-21-16(19)22-11(2)14-6-5-13(17)7-15(14)18;/h3-8,11H,9H2,1-2H3,(H3,19,21,22);1H. The summed E-state index contributed by atoms with van der Waals surface area (Å²) in [6.07, 6.45) is 1.80. The highest BCUT2D eigenvalue weighted by atomic mass is 127. The number of guanidine groups is 1. The van der Waals surface area contributed by atoms with Gasteiger partial charge in [0.05, 0.1) is 12.6 Å². The average Bonchev–Trinajstić information content (AvgIpc) is 2.46. The van der Waals surface area contributed by atoms with E-state index in [9.17, 15) is 0 Å². The monoisotopic (exact) mass is 464 g/mol. The summed E-state index contributed by atoms with van der Waals surface area (Å²) in [6, 6.07) is 9.25. The number of nitrogens with two attached hydrogens (primary N) is 1. The highest BCUT2D eigenvalue weighted by molar-refractivity contribution is 14.0. The quantitative estimate of drug-likeness (QED) is 0.398. The van der Waals surface area contributed by atoms with Gasteiger partial charge in [-0.3, -0.25) is 4.98 Å². The Balaban J connectivity index is 0.00000264. The highest BCUT2D eigenvalue weighted by Gasteiger charge is 2.10. The smallest absolute Gasteiger partial charge is 0.189 e. The highest BCUT2D eigenvalue weighted by Crippen LogP contribution is 2.25. The van der Waals surface area contributed by atoms with Crippen LogP contribution in [0.3, 0.4) is 0 Å². The van der Waals surface area contributed by atoms with Crippen LogP contribution in [0.2, 0.25) is 10.0 Å². The van der Waals surface area contributed by atoms with Crippen LogP contribution >= 0.6 is 47.2 Å². The van der Waals surface area contributed by atoms with Crippen molar-refractivity contribution in [1.29, 1.82) is 0 Å². The molecule has 0 radical (unpaired) electrons. The molecule has 3 N–H and O–H groups in total. The van der Waals surface area contributed by atoms with Crippen molar-refractivity contribution in [3.63, 3.8) is 0 Å². The number of halogens is 3. The topological polar surface area (TPSA) is 63.3 Å². The second kappa shape index (κ2) is 9.30. The molecule has 1 unspecified atom stereocenters. The number of benzene rings is 1. The molecule has 0 aliphatic heterocycles. The molecule has 0 aliphatic carbocycles. The maximum atomic E-state index is 6.18. The zero-order valence-electron chi connectivity index (χ0n) is 12.9. The first-order valence-electron chi connectivity index (χ1n) is 6.88. The normalized spacial score (nSPS) is 12.4. The van der Waals surface area contributed by atoms with Crippen molar-refractivity contribution in [2.75, 3.05) is 0 Å². The number of nitrogens with zero attached hydrogens (tertiary/aromatic N) is 2. The number of hydrogen-bond donors (Lipinski definition) is 2. The lowest BCUT2D eigenvalue weighted by molar-refractivity contribution is 0.708. The molecule has 1 aromatic carbocycles. The summed E-state index contributed by atoms with van der Waals surface area (Å²) in [5.74, 6) is 0.360. The molecule has 7 heteroatoms. The minimum Gasteiger partial charge on any atom is -0.370 e. The van der Waals surface area contributed by atoms with Gasteiger partial charge in [-0.15, -0.1) is 24.0 Å². The third kappa shape index (κ3) is 6.16. The van der Waals surface area contributed by atoms with Gasteiger partial charge in [0, 0.05) is 21.9 Å². The van der Waals surface area contributed by atoms with Crippen LogP contribution in [0, 0.1) is 6.92 Å². The lowest BCUT2D eigenvalue weighted by atomic mass is 10.1. The van der Waals surface area contributed by atoms with E-state index >= 15 is 0 Å². The lowest BCUT2D eigenvalue weighted by Gasteiger charge is -2.16. The molecular formula is C16H19Cl2IN4. The van der Waals surface area contributed by atoms with E-state index in [2.05, 4.69) is 15.3 Å². The minimum absolute atomic E-state index is 0. The summed E-state index contributed by atoms with van der Waals surface area (Å²) in [6.45, 7) is 4.39. The Morgan fingerprint density at radius 3 is 2.65 bits per heavy atom. The van der Waals surface area contributed by atoms with Crippen molar-refractivity contribution >= 4 is 53.1 Å². The molecule has 0 aliphatic rings. The summed E-state index contributed by atoms with van der Waals surface area (Å²) in [7, 11) is 0. The maximum absolute atomic E-state index is 6.18. The fraction of sp³-hybridized carbons (Fsp3) is 0.250. The van der Waals surface area contributed by atoms with E-state index in [1.165, 1.54) is 0 Å². The summed E-state index contributed by atoms with van der Waals surface area (Å²) < 4.78 is 0. The molecule has 2 aromatic rings. The Hall–Kier alpha value is -1.05. The van der Waals surface area contributed by atoms with Crippen LogP contribution in [0.4, 0.5) is 0 Å². The summed E-state index contributed by atoms with van der Waals surface area (Å²) in [5, 5.41) is 4.32. The van der Waals surface area contributed by atoms with Gasteiger partial charge in [0.15, 0.2) is 5.96 Å². The Morgan fingerprint density at radius 2 is 2.04 bits per heavy atom. The van der Waals surface area contributed by atoms with E-state index in [1.807, 2.05) is 32.0 Å². The molecule has 0 saturated carbocycles. The van der Waals surface area contributed by atoms with Crippen LogP contribution in [0.1, 0.15) is 29.8 Å². The van der Waals surface area contributed by atoms with Crippen LogP contribution < -0.4 is 11.1 Å². The van der Waals surface area contributed by atoms with Crippen LogP contribution in [0.5, 0.6) is 0 Å². The fourth-order valence-electron chi connectivity index (χ4n) is 1.97. The Labute approximate surface area is 163 Å². The van der Waals surface area contributed by atoms with Crippen molar-refractivity contribution in [1.82, 2.24) is 10.3 Å². The van der Waals surface area contributed by atoms with Gasteiger partial charge in [-0.2, -0.15) is 0 Å². The van der Waals surface area contributed by atoms with Crippen molar-refractivity contribution in [2.24, 2.45) is 10.7 Å². The second-order valence-corrected chi connectivity index (χ2v) is 5.88. The molecule has 1 atom stereocenters. The molecule has 1 heterocycles. The van der Waals surface area contributed by atoms with E-state index in [-0.39, 0.29) is 30.0 Å². The van der Waals surface area contributed by atoms with Gasteiger partial charge in [-0.05, 0) is 43.2 Å². The van der Waals surface area contributed by atoms with E-state index in [0.29, 0.717) is 22.5 Å². The van der Waals surface area contributed by atoms with Gasteiger partial charge < -0.3 is 11.1 Å². The van der Waals surface area contributed by atoms with Gasteiger partial charge in [0.2, 0.25) is 0 Å². The van der Waals surface area contributed by atoms with E-state index < -0.39 is 0 Å². The summed E-state index contributed by atoms with van der Waals surface area (Å²) in [5.41, 5.74) is 8.82. The van der Waals surface area contributed by atoms with Gasteiger partial charge in [-0.25, -0.2) is 4.99 Å². The zero-order valence-corrected chi connectivity index (χ0v) is 16.7. The molecular weight excluding hydrogens is 446 g/mol. The molecule has 0 saturated heterocycles. The molecule has 0 spiro atoms. The van der Waals surface area contributed by atoms with Crippen molar-refractivity contribution in [3.05, 3.63) is 63.4 Å². The van der Waals surface area contributed by atoms with Crippen molar-refractivity contribution in [3.8, 4) is 0 Å². The van der Waals surface area contributed by atoms with Gasteiger partial charge in [0.25, 0.3) is 0 Å². The minimum atomic E-state index is -0.0651. The average molecular weight is 465 g/mol. The molecule has 124 valence electrons. The molecule has 1 aromatic heterocycles. The van der Waals surface area contributed by atoms with Crippen molar-refractivity contribution in [2.45, 2.75) is 26.4 Å². The first kappa shape index (κ1) is 20.0. The van der Waals surface area contributed by atoms with Crippen molar-refractivity contribution < 1.29 is 0 Å². The molecule has 23 heavy (non-hydrogen) atoms. The van der Waals surface area contributed by atoms with Gasteiger partial charge in [0.1, 0.15) is 0 Å². The number of nitrogens with one attached hydrogen (secondary N) is 1. The number of aliphatic imine (C=N–C) groups is 1. The van der Waals surface area contributed by atoms with E-state index in [0.717, 1.165) is 16.8 Å². The van der Waals surface area contributed by atoms with Crippen LogP contribution in [-0.4, -0.2) is 10.9 Å².